The third-order valence-corrected chi connectivity index (χ3v) is 27.0. The quantitative estimate of drug-likeness (QED) is 0.0279. The standard InChI is InChI=1S/C22H30N6O.4C21H28N6O/c1-14(2)6-9-28-21-18(15(3)26-28)12-23-22(25-21)24-19-10-17-13-27(4)8-7-16(17)11-20(19)29-5;2*1-14(2)5-8-27-20-17(12-23-27)11-22-21(25-20)24-18-9-16-13-26(3)7-6-15(16)10-19(18)28-4;2*1-5-6-14(2)27-20-17(12-23-27)11-22-21(25-20)24-18-9-16-13-26(3)8-7-15(16)10-19(18)28-4/h10-12,14H,6-9,13H2,1-5H3,(H,23,24,25);4*9-12,14H,5-8,13H2,1-4H3,(H,22,24,25)/t;;;2*14-/m...10/s1. The van der Waals surface area contributed by atoms with E-state index in [0.29, 0.717) is 59.6 Å². The van der Waals surface area contributed by atoms with Crippen LogP contribution in [0.25, 0.3) is 55.2 Å². The van der Waals surface area contributed by atoms with Crippen molar-refractivity contribution in [2.24, 2.45) is 17.8 Å². The molecule has 0 saturated heterocycles. The highest BCUT2D eigenvalue weighted by Crippen LogP contribution is 2.41. The molecular weight excluding hydrogens is 1770 g/mol. The molecule has 35 heteroatoms. The van der Waals surface area contributed by atoms with Crippen LogP contribution in [0.4, 0.5) is 58.2 Å². The zero-order valence-corrected chi connectivity index (χ0v) is 86.3. The van der Waals surface area contributed by atoms with Crippen molar-refractivity contribution in [3.05, 3.63) is 178 Å². The topological polar surface area (TPSA) is 340 Å². The van der Waals surface area contributed by atoms with E-state index >= 15 is 0 Å². The Kier molecular flexibility index (Phi) is 32.8. The summed E-state index contributed by atoms with van der Waals surface area (Å²) in [5.41, 5.74) is 23.1. The van der Waals surface area contributed by atoms with Gasteiger partial charge in [0.15, 0.2) is 28.2 Å². The number of anilines is 10. The largest absolute Gasteiger partial charge is 0.495 e. The van der Waals surface area contributed by atoms with Gasteiger partial charge in [0.05, 0.1) is 133 Å². The maximum Gasteiger partial charge on any atom is 0.229 e. The minimum absolute atomic E-state index is 0.305. The van der Waals surface area contributed by atoms with E-state index in [0.717, 1.165) is 280 Å². The Morgan fingerprint density at radius 1 is 0.298 bits per heavy atom. The fourth-order valence-electron chi connectivity index (χ4n) is 18.7. The predicted octanol–water partition coefficient (Wildman–Crippen LogP) is 19.0. The summed E-state index contributed by atoms with van der Waals surface area (Å²) in [6.45, 7) is 36.7. The highest BCUT2D eigenvalue weighted by Gasteiger charge is 2.27. The average molecular weight is 1920 g/mol. The van der Waals surface area contributed by atoms with E-state index in [2.05, 4.69) is 267 Å². The molecule has 0 radical (unpaired) electrons. The second-order valence-corrected chi connectivity index (χ2v) is 39.5. The molecule has 0 saturated carbocycles. The Balaban J connectivity index is 0.000000127. The zero-order valence-electron chi connectivity index (χ0n) is 86.3. The first-order valence-electron chi connectivity index (χ1n) is 49.9. The number of methoxy groups -OCH3 is 5. The molecule has 5 aromatic carbocycles. The Morgan fingerprint density at radius 2 is 0.553 bits per heavy atom. The summed E-state index contributed by atoms with van der Waals surface area (Å²) in [5, 5.41) is 44.3. The van der Waals surface area contributed by atoms with E-state index in [1.165, 1.54) is 55.6 Å². The summed E-state index contributed by atoms with van der Waals surface area (Å²) in [4.78, 5) is 57.8. The van der Waals surface area contributed by atoms with Gasteiger partial charge in [-0.05, 0) is 254 Å². The van der Waals surface area contributed by atoms with Gasteiger partial charge in [-0.15, -0.1) is 0 Å². The molecule has 20 rings (SSSR count). The van der Waals surface area contributed by atoms with E-state index in [4.69, 9.17) is 48.6 Å². The fourth-order valence-corrected chi connectivity index (χ4v) is 18.7. The molecule has 746 valence electrons. The van der Waals surface area contributed by atoms with Crippen molar-refractivity contribution in [1.82, 2.24) is 123 Å². The predicted molar refractivity (Wildman–Crippen MR) is 561 cm³/mol. The van der Waals surface area contributed by atoms with Crippen molar-refractivity contribution in [3.63, 3.8) is 0 Å². The van der Waals surface area contributed by atoms with Gasteiger partial charge in [-0.25, -0.2) is 48.3 Å². The normalized spacial score (nSPS) is 14.8. The maximum absolute atomic E-state index is 5.64. The molecule has 0 bridgehead atoms. The van der Waals surface area contributed by atoms with Crippen LogP contribution in [0.2, 0.25) is 0 Å². The number of likely N-dealkylation sites (N-methyl/N-ethyl adjacent to an activating group) is 5. The van der Waals surface area contributed by atoms with Crippen LogP contribution in [0.1, 0.15) is 188 Å². The molecule has 15 aromatic rings. The number of benzene rings is 5. The zero-order chi connectivity index (χ0) is 99.2. The van der Waals surface area contributed by atoms with E-state index < -0.39 is 0 Å². The van der Waals surface area contributed by atoms with Gasteiger partial charge >= 0.3 is 0 Å². The minimum Gasteiger partial charge on any atom is -0.495 e. The number of hydrogen-bond donors (Lipinski definition) is 5. The number of aryl methyl sites for hydroxylation is 4. The van der Waals surface area contributed by atoms with Crippen molar-refractivity contribution in [3.8, 4) is 28.7 Å². The van der Waals surface area contributed by atoms with Crippen molar-refractivity contribution < 1.29 is 23.7 Å². The monoisotopic (exact) mass is 1920 g/mol. The van der Waals surface area contributed by atoms with Gasteiger partial charge in [-0.3, -0.25) is 0 Å². The molecule has 5 aliphatic heterocycles. The van der Waals surface area contributed by atoms with Gasteiger partial charge in [0, 0.05) is 116 Å². The Labute approximate surface area is 827 Å². The van der Waals surface area contributed by atoms with Crippen LogP contribution in [0.15, 0.2) is 116 Å². The number of ether oxygens (including phenoxy) is 5. The summed E-state index contributed by atoms with van der Waals surface area (Å²) in [6.07, 6.45) is 29.2. The lowest BCUT2D eigenvalue weighted by Gasteiger charge is -2.26. The van der Waals surface area contributed by atoms with Gasteiger partial charge < -0.3 is 74.8 Å². The first-order valence-corrected chi connectivity index (χ1v) is 49.9. The SMILES string of the molecule is CCC[C@@H](C)n1ncc2cnc(Nc3cc4c(cc3OC)CCN(C)C4)nc21.CCC[C@H](C)n1ncc2cnc(Nc3cc4c(cc3OC)CCN(C)C4)nc21.COc1cc2c(cc1Nc1ncc3c(C)nn(CCC(C)C)c3n1)CN(C)CC2.COc1cc2c(cc1Nc1ncc3cnn(CCC(C)C)c3n1)CN(C)CC2.COc1cc2c(cc1Nc1ncc3cnn(CCC(C)C)c3n1)CN(C)CC2. The highest BCUT2D eigenvalue weighted by molar-refractivity contribution is 5.82. The molecule has 0 spiro atoms. The van der Waals surface area contributed by atoms with Gasteiger partial charge in [-0.1, -0.05) is 68.2 Å². The molecule has 5 aliphatic rings. The molecule has 0 amide bonds. The fraction of sp³-hybridized carbons (Fsp3) is 0.481. The number of nitrogens with one attached hydrogen (secondary N) is 5. The van der Waals surface area contributed by atoms with Crippen LogP contribution in [-0.2, 0) is 84.5 Å². The molecule has 5 N–H and O–H groups in total. The Bertz CT molecular complexity index is 6500. The molecule has 141 heavy (non-hydrogen) atoms. The summed E-state index contributed by atoms with van der Waals surface area (Å²) in [5.74, 6) is 8.75. The van der Waals surface area contributed by atoms with E-state index in [1.54, 1.807) is 35.5 Å². The van der Waals surface area contributed by atoms with Crippen molar-refractivity contribution in [2.75, 3.05) is 130 Å². The van der Waals surface area contributed by atoms with Crippen molar-refractivity contribution >= 4 is 113 Å². The lowest BCUT2D eigenvalue weighted by Crippen LogP contribution is -2.26. The lowest BCUT2D eigenvalue weighted by atomic mass is 9.99. The van der Waals surface area contributed by atoms with E-state index in [1.807, 2.05) is 86.1 Å². The first kappa shape index (κ1) is 101. The molecular formula is C106H142N30O5. The third kappa shape index (κ3) is 24.5. The molecule has 10 aromatic heterocycles. The molecule has 0 unspecified atom stereocenters. The van der Waals surface area contributed by atoms with Crippen LogP contribution >= 0.6 is 0 Å². The second-order valence-electron chi connectivity index (χ2n) is 39.5. The van der Waals surface area contributed by atoms with Crippen molar-refractivity contribution in [1.29, 1.82) is 0 Å². The van der Waals surface area contributed by atoms with Crippen LogP contribution in [0, 0.1) is 24.7 Å². The highest BCUT2D eigenvalue weighted by atomic mass is 16.5. The number of hydrogen-bond acceptors (Lipinski definition) is 30. The molecule has 0 aliphatic carbocycles. The van der Waals surface area contributed by atoms with Crippen LogP contribution < -0.4 is 50.3 Å². The number of fused-ring (bicyclic) bond motifs is 10. The molecule has 35 nitrogen and oxygen atoms in total. The van der Waals surface area contributed by atoms with Gasteiger partial charge in [0.1, 0.15) is 28.7 Å². The summed E-state index contributed by atoms with van der Waals surface area (Å²) < 4.78 is 38.0. The van der Waals surface area contributed by atoms with Crippen LogP contribution in [0.3, 0.4) is 0 Å². The number of nitrogens with zero attached hydrogens (tertiary/aromatic N) is 25. The Hall–Kier alpha value is -13.4. The molecule has 2 atom stereocenters. The molecule has 15 heterocycles. The summed E-state index contributed by atoms with van der Waals surface area (Å²) >= 11 is 0. The van der Waals surface area contributed by atoms with Crippen molar-refractivity contribution in [2.45, 2.75) is 218 Å². The third-order valence-electron chi connectivity index (χ3n) is 27.0. The molecule has 0 fully saturated rings. The van der Waals surface area contributed by atoms with Gasteiger partial charge in [0.2, 0.25) is 29.7 Å². The Morgan fingerprint density at radius 3 is 0.830 bits per heavy atom. The smallest absolute Gasteiger partial charge is 0.229 e. The van der Waals surface area contributed by atoms with E-state index in [-0.39, 0.29) is 0 Å². The number of aromatic nitrogens is 20. The second kappa shape index (κ2) is 45.9. The maximum atomic E-state index is 5.64. The first-order chi connectivity index (χ1) is 68.2. The summed E-state index contributed by atoms with van der Waals surface area (Å²) in [7, 11) is 19.3. The lowest BCUT2D eigenvalue weighted by molar-refractivity contribution is 0.312. The van der Waals surface area contributed by atoms with Gasteiger partial charge in [0.25, 0.3) is 0 Å². The van der Waals surface area contributed by atoms with Crippen LogP contribution in [0.5, 0.6) is 28.7 Å². The van der Waals surface area contributed by atoms with Crippen LogP contribution in [-0.4, -0.2) is 227 Å². The summed E-state index contributed by atoms with van der Waals surface area (Å²) in [6, 6.07) is 22.1. The number of rotatable bonds is 30. The minimum atomic E-state index is 0.305. The van der Waals surface area contributed by atoms with Gasteiger partial charge in [-0.2, -0.15) is 50.4 Å². The average Bonchev–Trinajstić information content (AvgIpc) is 1.37. The van der Waals surface area contributed by atoms with E-state index in [9.17, 15) is 0 Å².